The molecule has 1 aromatic heterocycles. The minimum Gasteiger partial charge on any atom is -0.338 e. The number of nitrogens with zero attached hydrogens (tertiary/aromatic N) is 3. The van der Waals surface area contributed by atoms with Gasteiger partial charge in [-0.3, -0.25) is 9.69 Å². The van der Waals surface area contributed by atoms with Crippen LogP contribution in [0.1, 0.15) is 21.8 Å². The molecule has 0 aliphatic carbocycles. The molecule has 1 aromatic carbocycles. The number of likely N-dealkylation sites (tertiary alicyclic amines) is 1. The van der Waals surface area contributed by atoms with Gasteiger partial charge in [0, 0.05) is 56.6 Å². The predicted molar refractivity (Wildman–Crippen MR) is 99.3 cm³/mol. The van der Waals surface area contributed by atoms with Gasteiger partial charge in [0.15, 0.2) is 0 Å². The molecule has 2 aliphatic rings. The van der Waals surface area contributed by atoms with E-state index in [1.807, 2.05) is 44.8 Å². The van der Waals surface area contributed by atoms with Crippen molar-refractivity contribution in [2.24, 2.45) is 5.92 Å². The third-order valence-corrected chi connectivity index (χ3v) is 5.84. The van der Waals surface area contributed by atoms with Gasteiger partial charge in [0.05, 0.1) is 5.56 Å². The first-order chi connectivity index (χ1) is 12.1. The Balaban J connectivity index is 1.49. The Morgan fingerprint density at radius 1 is 1.12 bits per heavy atom. The fourth-order valence-electron chi connectivity index (χ4n) is 3.77. The van der Waals surface area contributed by atoms with Crippen LogP contribution >= 0.6 is 11.3 Å². The van der Waals surface area contributed by atoms with Gasteiger partial charge in [-0.2, -0.15) is 11.3 Å². The quantitative estimate of drug-likeness (QED) is 0.831. The number of rotatable bonds is 2. The van der Waals surface area contributed by atoms with Crippen molar-refractivity contribution >= 4 is 29.0 Å². The predicted octanol–water partition coefficient (Wildman–Crippen LogP) is 3.11. The zero-order valence-electron chi connectivity index (χ0n) is 14.4. The smallest absolute Gasteiger partial charge is 0.323 e. The topological polar surface area (TPSA) is 43.9 Å². The highest BCUT2D eigenvalue weighted by molar-refractivity contribution is 7.08. The van der Waals surface area contributed by atoms with Crippen molar-refractivity contribution in [1.29, 1.82) is 0 Å². The lowest BCUT2D eigenvalue weighted by Crippen LogP contribution is -2.53. The largest absolute Gasteiger partial charge is 0.338 e. The molecule has 1 atom stereocenters. The Morgan fingerprint density at radius 3 is 2.56 bits per heavy atom. The number of hydrogen-bond donors (Lipinski definition) is 0. The number of para-hydroxylation sites is 1. The van der Waals surface area contributed by atoms with Gasteiger partial charge in [0.2, 0.25) is 0 Å². The van der Waals surface area contributed by atoms with Gasteiger partial charge in [-0.05, 0) is 23.1 Å². The summed E-state index contributed by atoms with van der Waals surface area (Å²) in [6, 6.07) is 10.0. The van der Waals surface area contributed by atoms with Crippen LogP contribution in [0.5, 0.6) is 0 Å². The molecule has 0 saturated carbocycles. The minimum atomic E-state index is 0.0143. The summed E-state index contributed by atoms with van der Waals surface area (Å²) < 4.78 is 0. The Labute approximate surface area is 151 Å². The fourth-order valence-corrected chi connectivity index (χ4v) is 4.40. The molecule has 1 saturated heterocycles. The highest BCUT2D eigenvalue weighted by Crippen LogP contribution is 2.43. The standard InChI is InChI=1S/C19H21N3O2S/c1-20(2)19(24)22-11-16(15-5-3-4-6-17(15)22)14-9-21(10-14)18(23)13-7-8-25-12-13/h3-8,12,14,16H,9-11H2,1-2H3. The number of carbonyl (C=O) groups is 2. The van der Waals surface area contributed by atoms with Crippen LogP contribution in [0.2, 0.25) is 0 Å². The summed E-state index contributed by atoms with van der Waals surface area (Å²) in [5, 5.41) is 3.83. The van der Waals surface area contributed by atoms with Gasteiger partial charge in [-0.15, -0.1) is 0 Å². The second kappa shape index (κ2) is 6.19. The van der Waals surface area contributed by atoms with Crippen LogP contribution in [-0.4, -0.2) is 55.5 Å². The molecule has 5 nitrogen and oxygen atoms in total. The van der Waals surface area contributed by atoms with Crippen LogP contribution in [0.15, 0.2) is 41.1 Å². The van der Waals surface area contributed by atoms with E-state index in [1.54, 1.807) is 30.3 Å². The number of hydrogen-bond acceptors (Lipinski definition) is 3. The molecule has 3 heterocycles. The molecule has 1 unspecified atom stereocenters. The first-order valence-corrected chi connectivity index (χ1v) is 9.39. The van der Waals surface area contributed by atoms with E-state index in [2.05, 4.69) is 6.07 Å². The number of amides is 3. The van der Waals surface area contributed by atoms with Crippen molar-refractivity contribution in [3.63, 3.8) is 0 Å². The number of urea groups is 1. The van der Waals surface area contributed by atoms with Gasteiger partial charge < -0.3 is 9.80 Å². The Kier molecular flexibility index (Phi) is 4.00. The third kappa shape index (κ3) is 2.70. The van der Waals surface area contributed by atoms with Crippen LogP contribution in [0.4, 0.5) is 10.5 Å². The highest BCUT2D eigenvalue weighted by Gasteiger charge is 2.43. The maximum Gasteiger partial charge on any atom is 0.323 e. The summed E-state index contributed by atoms with van der Waals surface area (Å²) in [5.74, 6) is 0.820. The van der Waals surface area contributed by atoms with Crippen LogP contribution in [0, 0.1) is 5.92 Å². The van der Waals surface area contributed by atoms with Gasteiger partial charge in [0.25, 0.3) is 5.91 Å². The molecule has 130 valence electrons. The van der Waals surface area contributed by atoms with E-state index in [9.17, 15) is 9.59 Å². The fraction of sp³-hybridized carbons (Fsp3) is 0.368. The first kappa shape index (κ1) is 16.1. The molecular formula is C19H21N3O2S. The molecule has 4 rings (SSSR count). The van der Waals surface area contributed by atoms with Crippen molar-refractivity contribution in [2.75, 3.05) is 38.6 Å². The molecular weight excluding hydrogens is 334 g/mol. The van der Waals surface area contributed by atoms with Crippen LogP contribution in [0.25, 0.3) is 0 Å². The third-order valence-electron chi connectivity index (χ3n) is 5.15. The summed E-state index contributed by atoms with van der Waals surface area (Å²) in [6.07, 6.45) is 0. The molecule has 2 aliphatic heterocycles. The van der Waals surface area contributed by atoms with Gasteiger partial charge in [-0.1, -0.05) is 18.2 Å². The summed E-state index contributed by atoms with van der Waals surface area (Å²) in [6.45, 7) is 2.22. The van der Waals surface area contributed by atoms with E-state index in [-0.39, 0.29) is 11.9 Å². The number of fused-ring (bicyclic) bond motifs is 1. The van der Waals surface area contributed by atoms with Crippen LogP contribution < -0.4 is 4.90 Å². The second-order valence-corrected chi connectivity index (χ2v) is 7.72. The Morgan fingerprint density at radius 2 is 1.88 bits per heavy atom. The molecule has 3 amide bonds. The van der Waals surface area contributed by atoms with Crippen molar-refractivity contribution in [2.45, 2.75) is 5.92 Å². The molecule has 0 radical (unpaired) electrons. The average molecular weight is 355 g/mol. The summed E-state index contributed by atoms with van der Waals surface area (Å²) in [4.78, 5) is 30.3. The maximum atomic E-state index is 12.5. The van der Waals surface area contributed by atoms with Crippen molar-refractivity contribution in [3.8, 4) is 0 Å². The van der Waals surface area contributed by atoms with E-state index in [4.69, 9.17) is 0 Å². The lowest BCUT2D eigenvalue weighted by atomic mass is 9.82. The van der Waals surface area contributed by atoms with E-state index in [0.717, 1.165) is 24.3 Å². The summed E-state index contributed by atoms with van der Waals surface area (Å²) >= 11 is 1.55. The van der Waals surface area contributed by atoms with E-state index < -0.39 is 0 Å². The highest BCUT2D eigenvalue weighted by atomic mass is 32.1. The minimum absolute atomic E-state index is 0.0143. The van der Waals surface area contributed by atoms with Crippen molar-refractivity contribution in [1.82, 2.24) is 9.80 Å². The Bertz CT molecular complexity index is 797. The first-order valence-electron chi connectivity index (χ1n) is 8.45. The average Bonchev–Trinajstić information content (AvgIpc) is 3.21. The number of carbonyl (C=O) groups excluding carboxylic acids is 2. The lowest BCUT2D eigenvalue weighted by Gasteiger charge is -2.42. The van der Waals surface area contributed by atoms with Crippen molar-refractivity contribution < 1.29 is 9.59 Å². The number of anilines is 1. The van der Waals surface area contributed by atoms with E-state index in [0.29, 0.717) is 18.4 Å². The monoisotopic (exact) mass is 355 g/mol. The zero-order chi connectivity index (χ0) is 17.6. The lowest BCUT2D eigenvalue weighted by molar-refractivity contribution is 0.0457. The van der Waals surface area contributed by atoms with Gasteiger partial charge in [0.1, 0.15) is 0 Å². The molecule has 1 fully saturated rings. The zero-order valence-corrected chi connectivity index (χ0v) is 15.2. The number of benzene rings is 1. The van der Waals surface area contributed by atoms with Crippen molar-refractivity contribution in [3.05, 3.63) is 52.2 Å². The molecule has 6 heteroatoms. The van der Waals surface area contributed by atoms with E-state index >= 15 is 0 Å². The molecule has 0 spiro atoms. The van der Waals surface area contributed by atoms with Crippen LogP contribution in [0.3, 0.4) is 0 Å². The summed E-state index contributed by atoms with van der Waals surface area (Å²) in [7, 11) is 3.56. The van der Waals surface area contributed by atoms with Gasteiger partial charge in [-0.25, -0.2) is 4.79 Å². The molecule has 0 bridgehead atoms. The molecule has 0 N–H and O–H groups in total. The van der Waals surface area contributed by atoms with Gasteiger partial charge >= 0.3 is 6.03 Å². The maximum absolute atomic E-state index is 12.5. The molecule has 2 aromatic rings. The Hall–Kier alpha value is -2.34. The number of thiophene rings is 1. The van der Waals surface area contributed by atoms with Crippen LogP contribution in [-0.2, 0) is 0 Å². The SMILES string of the molecule is CN(C)C(=O)N1CC(C2CN(C(=O)c3ccsc3)C2)c2ccccc21. The van der Waals surface area contributed by atoms with E-state index in [1.165, 1.54) is 5.56 Å². The summed E-state index contributed by atoms with van der Waals surface area (Å²) in [5.41, 5.74) is 3.01. The normalized spacial score (nSPS) is 19.5. The second-order valence-electron chi connectivity index (χ2n) is 6.94. The molecule has 25 heavy (non-hydrogen) atoms.